The number of nitriles is 1. The van der Waals surface area contributed by atoms with Crippen molar-refractivity contribution in [2.24, 2.45) is 0 Å². The molecular formula is C12H10F3NO2. The molecule has 6 heteroatoms. The Morgan fingerprint density at radius 2 is 2.06 bits per heavy atom. The van der Waals surface area contributed by atoms with Crippen LogP contribution in [0.1, 0.15) is 34.0 Å². The van der Waals surface area contributed by atoms with Crippen LogP contribution in [-0.2, 0) is 10.9 Å². The van der Waals surface area contributed by atoms with Crippen LogP contribution in [0.5, 0.6) is 0 Å². The second kappa shape index (κ2) is 5.08. The van der Waals surface area contributed by atoms with Gasteiger partial charge in [-0.3, -0.25) is 0 Å². The van der Waals surface area contributed by atoms with E-state index in [1.165, 1.54) is 26.0 Å². The molecule has 0 aliphatic carbocycles. The first-order valence-electron chi connectivity index (χ1n) is 5.11. The van der Waals surface area contributed by atoms with Crippen LogP contribution < -0.4 is 0 Å². The number of esters is 1. The van der Waals surface area contributed by atoms with Gasteiger partial charge in [0.05, 0.1) is 23.3 Å². The number of halogens is 3. The second-order valence-corrected chi connectivity index (χ2v) is 3.51. The highest BCUT2D eigenvalue weighted by Gasteiger charge is 2.39. The molecule has 0 radical (unpaired) electrons. The predicted octanol–water partition coefficient (Wildman–Crippen LogP) is 3.06. The molecule has 0 saturated heterocycles. The van der Waals surface area contributed by atoms with E-state index in [1.807, 2.05) is 0 Å². The Balaban J connectivity index is 3.54. The molecule has 0 heterocycles. The molecule has 96 valence electrons. The standard InChI is InChI=1S/C12H10F3NO2/c1-3-18-11(17)8-5-4-7(2)9(6-16)10(8)12(13,14)15/h4-5H,3H2,1-2H3. The maximum Gasteiger partial charge on any atom is 0.418 e. The quantitative estimate of drug-likeness (QED) is 0.765. The van der Waals surface area contributed by atoms with Gasteiger partial charge in [0.2, 0.25) is 0 Å². The van der Waals surface area contributed by atoms with Gasteiger partial charge in [0.1, 0.15) is 6.07 Å². The number of rotatable bonds is 2. The van der Waals surface area contributed by atoms with Gasteiger partial charge in [0.15, 0.2) is 0 Å². The van der Waals surface area contributed by atoms with E-state index in [0.717, 1.165) is 6.07 Å². The van der Waals surface area contributed by atoms with Crippen molar-refractivity contribution in [3.63, 3.8) is 0 Å². The van der Waals surface area contributed by atoms with Gasteiger partial charge >= 0.3 is 12.1 Å². The van der Waals surface area contributed by atoms with E-state index in [9.17, 15) is 18.0 Å². The lowest BCUT2D eigenvalue weighted by molar-refractivity contribution is -0.138. The number of alkyl halides is 3. The van der Waals surface area contributed by atoms with Gasteiger partial charge in [0.25, 0.3) is 0 Å². The van der Waals surface area contributed by atoms with E-state index >= 15 is 0 Å². The fourth-order valence-electron chi connectivity index (χ4n) is 1.52. The lowest BCUT2D eigenvalue weighted by atomic mass is 9.97. The minimum atomic E-state index is -4.78. The summed E-state index contributed by atoms with van der Waals surface area (Å²) in [5.74, 6) is -1.08. The molecule has 0 aromatic heterocycles. The summed E-state index contributed by atoms with van der Waals surface area (Å²) in [6, 6.07) is 3.80. The smallest absolute Gasteiger partial charge is 0.418 e. The molecular weight excluding hydrogens is 247 g/mol. The van der Waals surface area contributed by atoms with Crippen LogP contribution in [0.15, 0.2) is 12.1 Å². The highest BCUT2D eigenvalue weighted by molar-refractivity contribution is 5.92. The van der Waals surface area contributed by atoms with Crippen LogP contribution in [0.4, 0.5) is 13.2 Å². The third-order valence-corrected chi connectivity index (χ3v) is 2.30. The van der Waals surface area contributed by atoms with Gasteiger partial charge in [-0.1, -0.05) is 6.07 Å². The van der Waals surface area contributed by atoms with Crippen molar-refractivity contribution < 1.29 is 22.7 Å². The molecule has 1 rings (SSSR count). The molecule has 0 N–H and O–H groups in total. The lowest BCUT2D eigenvalue weighted by Crippen LogP contribution is -2.17. The number of hydrogen-bond acceptors (Lipinski definition) is 3. The number of ether oxygens (including phenoxy) is 1. The third kappa shape index (κ3) is 2.62. The van der Waals surface area contributed by atoms with Crippen LogP contribution in [0.2, 0.25) is 0 Å². The molecule has 0 aliphatic rings. The van der Waals surface area contributed by atoms with Crippen LogP contribution in [-0.4, -0.2) is 12.6 Å². The molecule has 0 bridgehead atoms. The molecule has 18 heavy (non-hydrogen) atoms. The minimum Gasteiger partial charge on any atom is -0.462 e. The first-order chi connectivity index (χ1) is 8.32. The number of hydrogen-bond donors (Lipinski definition) is 0. The summed E-state index contributed by atoms with van der Waals surface area (Å²) in [5, 5.41) is 8.80. The van der Waals surface area contributed by atoms with E-state index in [2.05, 4.69) is 4.74 Å². The van der Waals surface area contributed by atoms with Crippen molar-refractivity contribution in [3.8, 4) is 6.07 Å². The monoisotopic (exact) mass is 257 g/mol. The maximum absolute atomic E-state index is 12.9. The number of aryl methyl sites for hydroxylation is 1. The first kappa shape index (κ1) is 14.0. The fraction of sp³-hybridized carbons (Fsp3) is 0.333. The van der Waals surface area contributed by atoms with Crippen molar-refractivity contribution in [2.45, 2.75) is 20.0 Å². The Hall–Kier alpha value is -2.03. The maximum atomic E-state index is 12.9. The Morgan fingerprint density at radius 3 is 2.50 bits per heavy atom. The van der Waals surface area contributed by atoms with Gasteiger partial charge in [-0.25, -0.2) is 4.79 Å². The number of carbonyl (C=O) groups is 1. The number of nitrogens with zero attached hydrogens (tertiary/aromatic N) is 1. The topological polar surface area (TPSA) is 50.1 Å². The molecule has 0 aliphatic heterocycles. The molecule has 3 nitrogen and oxygen atoms in total. The summed E-state index contributed by atoms with van der Waals surface area (Å²) in [4.78, 5) is 11.5. The van der Waals surface area contributed by atoms with Crippen LogP contribution in [0, 0.1) is 18.3 Å². The summed E-state index contributed by atoms with van der Waals surface area (Å²) in [7, 11) is 0. The molecule has 0 unspecified atom stereocenters. The van der Waals surface area contributed by atoms with Gasteiger partial charge in [0, 0.05) is 0 Å². The van der Waals surface area contributed by atoms with Crippen molar-refractivity contribution in [2.75, 3.05) is 6.61 Å². The van der Waals surface area contributed by atoms with E-state index < -0.39 is 28.8 Å². The summed E-state index contributed by atoms with van der Waals surface area (Å²) < 4.78 is 43.3. The molecule has 0 atom stereocenters. The van der Waals surface area contributed by atoms with Crippen LogP contribution in [0.25, 0.3) is 0 Å². The average molecular weight is 257 g/mol. The molecule has 0 fully saturated rings. The van der Waals surface area contributed by atoms with Gasteiger partial charge in [-0.05, 0) is 25.5 Å². The first-order valence-corrected chi connectivity index (χ1v) is 5.11. The number of carbonyl (C=O) groups excluding carboxylic acids is 1. The van der Waals surface area contributed by atoms with Crippen LogP contribution >= 0.6 is 0 Å². The largest absolute Gasteiger partial charge is 0.462 e. The van der Waals surface area contributed by atoms with E-state index in [1.54, 1.807) is 0 Å². The van der Waals surface area contributed by atoms with Gasteiger partial charge in [-0.15, -0.1) is 0 Å². The lowest BCUT2D eigenvalue weighted by Gasteiger charge is -2.14. The Morgan fingerprint density at radius 1 is 1.44 bits per heavy atom. The average Bonchev–Trinajstić information content (AvgIpc) is 2.27. The SMILES string of the molecule is CCOC(=O)c1ccc(C)c(C#N)c1C(F)(F)F. The summed E-state index contributed by atoms with van der Waals surface area (Å²) in [5.41, 5.74) is -2.25. The summed E-state index contributed by atoms with van der Waals surface area (Å²) >= 11 is 0. The zero-order valence-corrected chi connectivity index (χ0v) is 9.76. The number of benzene rings is 1. The Bertz CT molecular complexity index is 515. The van der Waals surface area contributed by atoms with Crippen molar-refractivity contribution >= 4 is 5.97 Å². The summed E-state index contributed by atoms with van der Waals surface area (Å²) in [6.07, 6.45) is -4.78. The van der Waals surface area contributed by atoms with Gasteiger partial charge in [-0.2, -0.15) is 18.4 Å². The highest BCUT2D eigenvalue weighted by Crippen LogP contribution is 2.36. The minimum absolute atomic E-state index is 0.0358. The third-order valence-electron chi connectivity index (χ3n) is 2.30. The molecule has 0 amide bonds. The normalized spacial score (nSPS) is 10.9. The predicted molar refractivity (Wildman–Crippen MR) is 56.9 cm³/mol. The van der Waals surface area contributed by atoms with Crippen molar-refractivity contribution in [1.82, 2.24) is 0 Å². The van der Waals surface area contributed by atoms with Crippen molar-refractivity contribution in [3.05, 3.63) is 34.4 Å². The van der Waals surface area contributed by atoms with E-state index in [0.29, 0.717) is 0 Å². The zero-order chi connectivity index (χ0) is 13.9. The molecule has 0 spiro atoms. The summed E-state index contributed by atoms with van der Waals surface area (Å²) in [6.45, 7) is 2.83. The fourth-order valence-corrected chi connectivity index (χ4v) is 1.52. The van der Waals surface area contributed by atoms with E-state index in [-0.39, 0.29) is 12.2 Å². The molecule has 1 aromatic carbocycles. The van der Waals surface area contributed by atoms with Gasteiger partial charge < -0.3 is 4.74 Å². The van der Waals surface area contributed by atoms with Crippen LogP contribution in [0.3, 0.4) is 0 Å². The van der Waals surface area contributed by atoms with E-state index in [4.69, 9.17) is 5.26 Å². The molecule has 1 aromatic rings. The zero-order valence-electron chi connectivity index (χ0n) is 9.76. The second-order valence-electron chi connectivity index (χ2n) is 3.51. The Labute approximate surface area is 102 Å². The van der Waals surface area contributed by atoms with Crippen molar-refractivity contribution in [1.29, 1.82) is 5.26 Å². The Kier molecular flexibility index (Phi) is 3.96. The molecule has 0 saturated carbocycles. The highest BCUT2D eigenvalue weighted by atomic mass is 19.4.